The predicted molar refractivity (Wildman–Crippen MR) is 58.8 cm³/mol. The lowest BCUT2D eigenvalue weighted by molar-refractivity contribution is -0.152. The van der Waals surface area contributed by atoms with E-state index in [1.54, 1.807) is 13.8 Å². The first-order valence-corrected chi connectivity index (χ1v) is 5.17. The van der Waals surface area contributed by atoms with Crippen LogP contribution in [0.5, 0.6) is 0 Å². The van der Waals surface area contributed by atoms with E-state index < -0.39 is 30.6 Å². The van der Waals surface area contributed by atoms with Crippen molar-refractivity contribution in [1.82, 2.24) is 0 Å². The lowest BCUT2D eigenvalue weighted by Crippen LogP contribution is -2.22. The fourth-order valence-electron chi connectivity index (χ4n) is 0.714. The first kappa shape index (κ1) is 18.7. The van der Waals surface area contributed by atoms with Crippen molar-refractivity contribution in [2.24, 2.45) is 0 Å². The van der Waals surface area contributed by atoms with Crippen molar-refractivity contribution < 1.29 is 39.5 Å². The summed E-state index contributed by atoms with van der Waals surface area (Å²) in [6.45, 7) is 3.67. The molecule has 8 nitrogen and oxygen atoms in total. The highest BCUT2D eigenvalue weighted by molar-refractivity contribution is 5.79. The number of carbonyl (C=O) groups excluding carboxylic acids is 1. The first-order valence-electron chi connectivity index (χ1n) is 5.17. The Morgan fingerprint density at radius 1 is 1.11 bits per heavy atom. The van der Waals surface area contributed by atoms with Gasteiger partial charge in [-0.25, -0.2) is 4.79 Å². The topological polar surface area (TPSA) is 141 Å². The van der Waals surface area contributed by atoms with Gasteiger partial charge in [-0.2, -0.15) is 0 Å². The fraction of sp³-hybridized carbons (Fsp3) is 0.700. The molecule has 2 unspecified atom stereocenters. The van der Waals surface area contributed by atoms with E-state index in [1.807, 2.05) is 0 Å². The van der Waals surface area contributed by atoms with Crippen molar-refractivity contribution in [3.63, 3.8) is 0 Å². The molecule has 0 spiro atoms. The molecule has 0 saturated carbocycles. The zero-order valence-electron chi connectivity index (χ0n) is 10.2. The molecule has 0 amide bonds. The van der Waals surface area contributed by atoms with Crippen LogP contribution >= 0.6 is 0 Å². The van der Waals surface area contributed by atoms with Crippen LogP contribution in [-0.4, -0.2) is 57.1 Å². The number of carboxylic acid groups (broad SMARTS) is 2. The third-order valence-corrected chi connectivity index (χ3v) is 1.42. The summed E-state index contributed by atoms with van der Waals surface area (Å²) in [7, 11) is 0. The number of aliphatic hydroxyl groups excluding tert-OH is 2. The number of hydrogen-bond donors (Lipinski definition) is 4. The van der Waals surface area contributed by atoms with E-state index in [2.05, 4.69) is 4.74 Å². The molecule has 0 saturated heterocycles. The highest BCUT2D eigenvalue weighted by Crippen LogP contribution is 1.91. The van der Waals surface area contributed by atoms with Crippen LogP contribution in [0.3, 0.4) is 0 Å². The molecule has 0 aliphatic heterocycles. The van der Waals surface area contributed by atoms with Crippen molar-refractivity contribution in [1.29, 1.82) is 0 Å². The fourth-order valence-corrected chi connectivity index (χ4v) is 0.714. The second-order valence-electron chi connectivity index (χ2n) is 3.31. The Hall–Kier alpha value is -1.67. The van der Waals surface area contributed by atoms with Crippen molar-refractivity contribution in [3.05, 3.63) is 0 Å². The van der Waals surface area contributed by atoms with Crippen molar-refractivity contribution >= 4 is 17.9 Å². The van der Waals surface area contributed by atoms with Crippen LogP contribution in [0.25, 0.3) is 0 Å². The Kier molecular flexibility index (Phi) is 10.9. The van der Waals surface area contributed by atoms with Crippen LogP contribution in [0.1, 0.15) is 26.7 Å². The van der Waals surface area contributed by atoms with Gasteiger partial charge in [0.1, 0.15) is 0 Å². The van der Waals surface area contributed by atoms with Crippen LogP contribution in [0.2, 0.25) is 0 Å². The van der Waals surface area contributed by atoms with Crippen molar-refractivity contribution in [3.8, 4) is 0 Å². The summed E-state index contributed by atoms with van der Waals surface area (Å²) in [5.74, 6) is -3.19. The highest BCUT2D eigenvalue weighted by Gasteiger charge is 2.16. The zero-order chi connectivity index (χ0) is 14.7. The minimum absolute atomic E-state index is 0.0911. The smallest absolute Gasteiger partial charge is 0.333 e. The van der Waals surface area contributed by atoms with Gasteiger partial charge in [0.15, 0.2) is 6.10 Å². The van der Waals surface area contributed by atoms with Crippen LogP contribution < -0.4 is 0 Å². The number of aliphatic carboxylic acids is 2. The highest BCUT2D eigenvalue weighted by atomic mass is 16.5. The lowest BCUT2D eigenvalue weighted by Gasteiger charge is -2.01. The number of esters is 1. The molecule has 0 fully saturated rings. The van der Waals surface area contributed by atoms with Gasteiger partial charge < -0.3 is 25.2 Å². The molecular formula is C10H18O8. The SMILES string of the molecule is CCOC(=O)CC(C)O.O=C(O)CC(O)C(=O)O. The molecule has 18 heavy (non-hydrogen) atoms. The molecule has 0 rings (SSSR count). The van der Waals surface area contributed by atoms with Crippen LogP contribution in [0.15, 0.2) is 0 Å². The van der Waals surface area contributed by atoms with Crippen molar-refractivity contribution in [2.45, 2.75) is 38.9 Å². The van der Waals surface area contributed by atoms with Gasteiger partial charge in [-0.15, -0.1) is 0 Å². The van der Waals surface area contributed by atoms with Crippen LogP contribution in [0, 0.1) is 0 Å². The molecule has 0 aromatic carbocycles. The van der Waals surface area contributed by atoms with Crippen LogP contribution in [-0.2, 0) is 19.1 Å². The Morgan fingerprint density at radius 3 is 1.83 bits per heavy atom. The molecule has 0 heterocycles. The van der Waals surface area contributed by atoms with E-state index in [9.17, 15) is 14.4 Å². The number of carbonyl (C=O) groups is 3. The summed E-state index contributed by atoms with van der Waals surface area (Å²) in [5.41, 5.74) is 0. The summed E-state index contributed by atoms with van der Waals surface area (Å²) >= 11 is 0. The molecule has 106 valence electrons. The number of ether oxygens (including phenoxy) is 1. The third kappa shape index (κ3) is 14.3. The van der Waals surface area contributed by atoms with Gasteiger partial charge in [-0.05, 0) is 13.8 Å². The molecule has 8 heteroatoms. The maximum Gasteiger partial charge on any atom is 0.333 e. The van der Waals surface area contributed by atoms with Gasteiger partial charge in [0.2, 0.25) is 0 Å². The summed E-state index contributed by atoms with van der Waals surface area (Å²) < 4.78 is 4.55. The standard InChI is InChI=1S/C6H12O3.C4H6O5/c1-3-9-6(8)4-5(2)7;5-2(4(8)9)1-3(6)7/h5,7H,3-4H2,1-2H3;2,5H,1H2,(H,6,7)(H,8,9). The van der Waals surface area contributed by atoms with Gasteiger partial charge in [0.05, 0.1) is 25.6 Å². The molecule has 2 atom stereocenters. The van der Waals surface area contributed by atoms with E-state index in [0.717, 1.165) is 0 Å². The van der Waals surface area contributed by atoms with Gasteiger partial charge in [0, 0.05) is 0 Å². The van der Waals surface area contributed by atoms with Gasteiger partial charge in [-0.3, -0.25) is 9.59 Å². The minimum atomic E-state index is -1.79. The van der Waals surface area contributed by atoms with Gasteiger partial charge >= 0.3 is 17.9 Å². The molecule has 0 aromatic rings. The first-order chi connectivity index (χ1) is 8.20. The molecule has 0 radical (unpaired) electrons. The molecule has 0 bridgehead atoms. The number of hydrogen-bond acceptors (Lipinski definition) is 6. The molecular weight excluding hydrogens is 248 g/mol. The molecule has 0 aliphatic rings. The van der Waals surface area contributed by atoms with Crippen LogP contribution in [0.4, 0.5) is 0 Å². The molecule has 4 N–H and O–H groups in total. The third-order valence-electron chi connectivity index (χ3n) is 1.42. The van der Waals surface area contributed by atoms with Crippen molar-refractivity contribution in [2.75, 3.05) is 6.61 Å². The summed E-state index contributed by atoms with van der Waals surface area (Å²) in [6, 6.07) is 0. The second kappa shape index (κ2) is 10.5. The minimum Gasteiger partial charge on any atom is -0.481 e. The van der Waals surface area contributed by atoms with E-state index >= 15 is 0 Å². The number of rotatable bonds is 6. The number of aliphatic hydroxyl groups is 2. The molecule has 0 aliphatic carbocycles. The largest absolute Gasteiger partial charge is 0.481 e. The average molecular weight is 266 g/mol. The van der Waals surface area contributed by atoms with Gasteiger partial charge in [0.25, 0.3) is 0 Å². The Bertz CT molecular complexity index is 273. The average Bonchev–Trinajstić information content (AvgIpc) is 2.16. The Morgan fingerprint density at radius 2 is 1.61 bits per heavy atom. The molecule has 0 aromatic heterocycles. The maximum atomic E-state index is 10.5. The Balaban J connectivity index is 0. The Labute approximate surface area is 104 Å². The van der Waals surface area contributed by atoms with E-state index in [1.165, 1.54) is 0 Å². The summed E-state index contributed by atoms with van der Waals surface area (Å²) in [4.78, 5) is 29.9. The zero-order valence-corrected chi connectivity index (χ0v) is 10.2. The lowest BCUT2D eigenvalue weighted by atomic mass is 10.3. The number of carboxylic acids is 2. The quantitative estimate of drug-likeness (QED) is 0.459. The monoisotopic (exact) mass is 266 g/mol. The second-order valence-corrected chi connectivity index (χ2v) is 3.31. The van der Waals surface area contributed by atoms with E-state index in [-0.39, 0.29) is 12.4 Å². The van der Waals surface area contributed by atoms with E-state index in [4.69, 9.17) is 20.4 Å². The maximum absolute atomic E-state index is 10.5. The normalized spacial score (nSPS) is 12.7. The summed E-state index contributed by atoms with van der Waals surface area (Å²) in [6.07, 6.45) is -3.05. The van der Waals surface area contributed by atoms with Gasteiger partial charge in [-0.1, -0.05) is 0 Å². The van der Waals surface area contributed by atoms with E-state index in [0.29, 0.717) is 6.61 Å². The summed E-state index contributed by atoms with van der Waals surface area (Å²) in [5, 5.41) is 32.8. The predicted octanol–water partition coefficient (Wildman–Crippen LogP) is -0.773.